The Labute approximate surface area is 105 Å². The summed E-state index contributed by atoms with van der Waals surface area (Å²) in [6.45, 7) is 7.96. The molecule has 0 aliphatic carbocycles. The smallest absolute Gasteiger partial charge is 0.211 e. The fraction of sp³-hybridized carbons (Fsp3) is 1.00. The van der Waals surface area contributed by atoms with Gasteiger partial charge in [-0.1, -0.05) is 20.8 Å². The highest BCUT2D eigenvalue weighted by atomic mass is 32.2. The Morgan fingerprint density at radius 3 is 2.41 bits per heavy atom. The molecule has 6 heteroatoms. The Balaban J connectivity index is 4.12. The van der Waals surface area contributed by atoms with Crippen molar-refractivity contribution in [3.63, 3.8) is 0 Å². The van der Waals surface area contributed by atoms with Crippen molar-refractivity contribution in [2.24, 2.45) is 5.92 Å². The van der Waals surface area contributed by atoms with Gasteiger partial charge < -0.3 is 10.1 Å². The van der Waals surface area contributed by atoms with Crippen LogP contribution in [0.5, 0.6) is 0 Å². The normalized spacial score (nSPS) is 14.2. The first-order valence-electron chi connectivity index (χ1n) is 6.12. The zero-order valence-corrected chi connectivity index (χ0v) is 12.1. The summed E-state index contributed by atoms with van der Waals surface area (Å²) in [6, 6.07) is -0.149. The number of hydrogen-bond donors (Lipinski definition) is 2. The van der Waals surface area contributed by atoms with Crippen LogP contribution >= 0.6 is 0 Å². The predicted molar refractivity (Wildman–Crippen MR) is 70.6 cm³/mol. The molecule has 5 nitrogen and oxygen atoms in total. The Morgan fingerprint density at radius 1 is 1.29 bits per heavy atom. The van der Waals surface area contributed by atoms with E-state index in [4.69, 9.17) is 4.74 Å². The van der Waals surface area contributed by atoms with Gasteiger partial charge in [0.1, 0.15) is 0 Å². The van der Waals surface area contributed by atoms with Gasteiger partial charge in [-0.15, -0.1) is 0 Å². The number of rotatable bonds is 10. The zero-order valence-electron chi connectivity index (χ0n) is 11.3. The Kier molecular flexibility index (Phi) is 8.77. The van der Waals surface area contributed by atoms with E-state index < -0.39 is 10.0 Å². The molecule has 0 fully saturated rings. The van der Waals surface area contributed by atoms with Crippen LogP contribution in [-0.4, -0.2) is 47.0 Å². The second-order valence-electron chi connectivity index (χ2n) is 4.45. The number of nitrogens with one attached hydrogen (secondary N) is 2. The fourth-order valence-corrected chi connectivity index (χ4v) is 2.84. The fourth-order valence-electron chi connectivity index (χ4n) is 1.40. The lowest BCUT2D eigenvalue weighted by Crippen LogP contribution is -2.42. The lowest BCUT2D eigenvalue weighted by atomic mass is 10.1. The van der Waals surface area contributed by atoms with E-state index in [1.807, 2.05) is 20.8 Å². The second-order valence-corrected chi connectivity index (χ2v) is 6.32. The summed E-state index contributed by atoms with van der Waals surface area (Å²) in [6.07, 6.45) is 0.626. The molecule has 0 amide bonds. The van der Waals surface area contributed by atoms with Crippen LogP contribution in [0.15, 0.2) is 0 Å². The molecular formula is C11H26N2O3S. The Bertz CT molecular complexity index is 278. The lowest BCUT2D eigenvalue weighted by molar-refractivity contribution is 0.157. The van der Waals surface area contributed by atoms with Crippen LogP contribution in [0.3, 0.4) is 0 Å². The van der Waals surface area contributed by atoms with Crippen molar-refractivity contribution in [2.45, 2.75) is 33.2 Å². The van der Waals surface area contributed by atoms with Crippen molar-refractivity contribution in [1.29, 1.82) is 0 Å². The van der Waals surface area contributed by atoms with Gasteiger partial charge in [0.15, 0.2) is 0 Å². The van der Waals surface area contributed by atoms with Crippen LogP contribution in [0.2, 0.25) is 0 Å². The molecule has 0 aliphatic rings. The molecule has 0 saturated carbocycles. The number of ether oxygens (including phenoxy) is 1. The summed E-state index contributed by atoms with van der Waals surface area (Å²) in [5.74, 6) is 0.380. The van der Waals surface area contributed by atoms with Gasteiger partial charge in [0.05, 0.1) is 12.4 Å². The molecule has 1 unspecified atom stereocenters. The second kappa shape index (κ2) is 8.85. The van der Waals surface area contributed by atoms with E-state index in [0.29, 0.717) is 13.0 Å². The van der Waals surface area contributed by atoms with Gasteiger partial charge >= 0.3 is 0 Å². The molecule has 0 aliphatic heterocycles. The lowest BCUT2D eigenvalue weighted by Gasteiger charge is -2.21. The maximum atomic E-state index is 11.8. The quantitative estimate of drug-likeness (QED) is 0.568. The first kappa shape index (κ1) is 16.8. The average Bonchev–Trinajstić information content (AvgIpc) is 2.23. The van der Waals surface area contributed by atoms with Crippen molar-refractivity contribution in [3.8, 4) is 0 Å². The minimum absolute atomic E-state index is 0.149. The molecule has 0 aromatic heterocycles. The first-order valence-corrected chi connectivity index (χ1v) is 7.77. The van der Waals surface area contributed by atoms with Crippen LogP contribution in [0.25, 0.3) is 0 Å². The van der Waals surface area contributed by atoms with E-state index in [0.717, 1.165) is 13.1 Å². The summed E-state index contributed by atoms with van der Waals surface area (Å²) in [5.41, 5.74) is 0. The molecule has 0 aromatic carbocycles. The van der Waals surface area contributed by atoms with Crippen LogP contribution in [0, 0.1) is 5.92 Å². The van der Waals surface area contributed by atoms with Crippen LogP contribution in [0.4, 0.5) is 0 Å². The Morgan fingerprint density at radius 2 is 1.94 bits per heavy atom. The molecule has 1 atom stereocenters. The molecular weight excluding hydrogens is 240 g/mol. The molecule has 2 N–H and O–H groups in total. The average molecular weight is 266 g/mol. The van der Waals surface area contributed by atoms with Gasteiger partial charge in [0.25, 0.3) is 0 Å². The highest BCUT2D eigenvalue weighted by molar-refractivity contribution is 7.89. The van der Waals surface area contributed by atoms with Gasteiger partial charge in [-0.25, -0.2) is 13.1 Å². The topological polar surface area (TPSA) is 67.4 Å². The molecule has 0 rings (SSSR count). The van der Waals surface area contributed by atoms with Crippen LogP contribution in [-0.2, 0) is 14.8 Å². The molecule has 0 bridgehead atoms. The standard InChI is InChI=1S/C11H26N2O3S/c1-5-12-7-6-8-17(14,15)13-11(9-16-4)10(2)3/h10-13H,5-9H2,1-4H3. The third-order valence-electron chi connectivity index (χ3n) is 2.50. The summed E-state index contributed by atoms with van der Waals surface area (Å²) in [4.78, 5) is 0. The van der Waals surface area contributed by atoms with Crippen molar-refractivity contribution in [3.05, 3.63) is 0 Å². The van der Waals surface area contributed by atoms with Crippen molar-refractivity contribution in [1.82, 2.24) is 10.0 Å². The summed E-state index contributed by atoms with van der Waals surface area (Å²) >= 11 is 0. The maximum Gasteiger partial charge on any atom is 0.211 e. The number of sulfonamides is 1. The van der Waals surface area contributed by atoms with E-state index in [2.05, 4.69) is 10.0 Å². The predicted octanol–water partition coefficient (Wildman–Crippen LogP) is 0.576. The maximum absolute atomic E-state index is 11.8. The molecule has 0 spiro atoms. The van der Waals surface area contributed by atoms with E-state index in [1.54, 1.807) is 7.11 Å². The van der Waals surface area contributed by atoms with E-state index >= 15 is 0 Å². The summed E-state index contributed by atoms with van der Waals surface area (Å²) in [5, 5.41) is 3.11. The largest absolute Gasteiger partial charge is 0.383 e. The van der Waals surface area contributed by atoms with Gasteiger partial charge in [0, 0.05) is 13.2 Å². The van der Waals surface area contributed by atoms with Gasteiger partial charge in [0.2, 0.25) is 10.0 Å². The number of hydrogen-bond acceptors (Lipinski definition) is 4. The minimum Gasteiger partial charge on any atom is -0.383 e. The van der Waals surface area contributed by atoms with Gasteiger partial charge in [-0.3, -0.25) is 0 Å². The zero-order chi connectivity index (χ0) is 13.3. The highest BCUT2D eigenvalue weighted by Gasteiger charge is 2.20. The van der Waals surface area contributed by atoms with E-state index in [1.165, 1.54) is 0 Å². The van der Waals surface area contributed by atoms with Crippen molar-refractivity contribution in [2.75, 3.05) is 32.6 Å². The highest BCUT2D eigenvalue weighted by Crippen LogP contribution is 2.04. The summed E-state index contributed by atoms with van der Waals surface area (Å²) < 4.78 is 31.3. The molecule has 0 heterocycles. The van der Waals surface area contributed by atoms with Crippen molar-refractivity contribution < 1.29 is 13.2 Å². The van der Waals surface area contributed by atoms with E-state index in [-0.39, 0.29) is 17.7 Å². The van der Waals surface area contributed by atoms with Gasteiger partial charge in [-0.05, 0) is 25.4 Å². The molecule has 0 radical (unpaired) electrons. The van der Waals surface area contributed by atoms with Crippen LogP contribution < -0.4 is 10.0 Å². The third kappa shape index (κ3) is 8.54. The molecule has 0 aromatic rings. The van der Waals surface area contributed by atoms with Crippen molar-refractivity contribution >= 4 is 10.0 Å². The monoisotopic (exact) mass is 266 g/mol. The third-order valence-corrected chi connectivity index (χ3v) is 3.99. The Hall–Kier alpha value is -0.170. The van der Waals surface area contributed by atoms with Crippen LogP contribution in [0.1, 0.15) is 27.2 Å². The molecule has 104 valence electrons. The van der Waals surface area contributed by atoms with E-state index in [9.17, 15) is 8.42 Å². The number of methoxy groups -OCH3 is 1. The molecule has 17 heavy (non-hydrogen) atoms. The molecule has 0 saturated heterocycles. The first-order chi connectivity index (χ1) is 7.93. The van der Waals surface area contributed by atoms with Gasteiger partial charge in [-0.2, -0.15) is 0 Å². The minimum atomic E-state index is -3.20. The SMILES string of the molecule is CCNCCCS(=O)(=O)NC(COC)C(C)C. The summed E-state index contributed by atoms with van der Waals surface area (Å²) in [7, 11) is -1.62.